The van der Waals surface area contributed by atoms with Gasteiger partial charge in [0.25, 0.3) is 0 Å². The molecule has 1 saturated carbocycles. The van der Waals surface area contributed by atoms with Gasteiger partial charge >= 0.3 is 0 Å². The molecule has 2 N–H and O–H groups in total. The van der Waals surface area contributed by atoms with Crippen LogP contribution in [0.4, 0.5) is 0 Å². The third-order valence-corrected chi connectivity index (χ3v) is 10.2. The third-order valence-electron chi connectivity index (χ3n) is 10.2. The SMILES string of the molecule is COCCCOCCCOCCCn1cc(CN[C@@H]2[C@@H](O)[C@H](OCc3ccccc3)[C@@H](OCc3ccccc3)[C@H](OCc3ccccc3)[C@H]2OCc2ccccc2)nn1. The van der Waals surface area contributed by atoms with Crippen LogP contribution in [0.5, 0.6) is 0 Å². The zero-order chi connectivity index (χ0) is 40.7. The lowest BCUT2D eigenvalue weighted by Crippen LogP contribution is -2.69. The van der Waals surface area contributed by atoms with Gasteiger partial charge in [0.1, 0.15) is 30.5 Å². The molecular weight excluding hydrogens is 749 g/mol. The summed E-state index contributed by atoms with van der Waals surface area (Å²) in [6, 6.07) is 39.4. The molecule has 6 atom stereocenters. The molecule has 1 heterocycles. The molecule has 0 spiro atoms. The van der Waals surface area contributed by atoms with Gasteiger partial charge < -0.3 is 43.6 Å². The van der Waals surface area contributed by atoms with E-state index < -0.39 is 36.6 Å². The number of methoxy groups -OCH3 is 1. The highest BCUT2D eigenvalue weighted by Gasteiger charge is 2.53. The predicted octanol–water partition coefficient (Wildman–Crippen LogP) is 6.30. The minimum atomic E-state index is -1.04. The molecule has 1 aliphatic carbocycles. The van der Waals surface area contributed by atoms with Crippen LogP contribution < -0.4 is 5.32 Å². The second-order valence-corrected chi connectivity index (χ2v) is 14.7. The minimum absolute atomic E-state index is 0.280. The normalized spacial score (nSPS) is 20.5. The molecule has 0 aliphatic heterocycles. The zero-order valence-electron chi connectivity index (χ0n) is 34.1. The van der Waals surface area contributed by atoms with E-state index in [0.29, 0.717) is 65.9 Å². The summed E-state index contributed by atoms with van der Waals surface area (Å²) in [6.45, 7) is 5.57. The lowest BCUT2D eigenvalue weighted by molar-refractivity contribution is -0.251. The number of rotatable bonds is 27. The first-order valence-electron chi connectivity index (χ1n) is 20.7. The van der Waals surface area contributed by atoms with Crippen LogP contribution in [0, 0.1) is 0 Å². The van der Waals surface area contributed by atoms with Crippen molar-refractivity contribution in [3.05, 3.63) is 155 Å². The Morgan fingerprint density at radius 2 is 0.966 bits per heavy atom. The second-order valence-electron chi connectivity index (χ2n) is 14.7. The molecule has 316 valence electrons. The topological polar surface area (TPSA) is 128 Å². The number of aromatic nitrogens is 3. The molecule has 0 saturated heterocycles. The molecule has 0 unspecified atom stereocenters. The Morgan fingerprint density at radius 3 is 1.46 bits per heavy atom. The summed E-state index contributed by atoms with van der Waals surface area (Å²) in [5.41, 5.74) is 4.74. The summed E-state index contributed by atoms with van der Waals surface area (Å²) < 4.78 is 45.4. The molecule has 1 aromatic heterocycles. The van der Waals surface area contributed by atoms with E-state index in [1.165, 1.54) is 0 Å². The average molecular weight is 809 g/mol. The van der Waals surface area contributed by atoms with Gasteiger partial charge in [-0.15, -0.1) is 5.10 Å². The lowest BCUT2D eigenvalue weighted by Gasteiger charge is -2.49. The fraction of sp³-hybridized carbons (Fsp3) is 0.447. The maximum Gasteiger partial charge on any atom is 0.115 e. The summed E-state index contributed by atoms with van der Waals surface area (Å²) >= 11 is 0. The van der Waals surface area contributed by atoms with Gasteiger partial charge in [-0.3, -0.25) is 4.68 Å². The number of hydrogen-bond acceptors (Lipinski definition) is 11. The van der Waals surface area contributed by atoms with Gasteiger partial charge in [0, 0.05) is 59.4 Å². The Labute approximate surface area is 348 Å². The van der Waals surface area contributed by atoms with E-state index in [9.17, 15) is 5.11 Å². The third kappa shape index (κ3) is 14.7. The molecule has 0 amide bonds. The van der Waals surface area contributed by atoms with E-state index in [-0.39, 0.29) is 6.61 Å². The van der Waals surface area contributed by atoms with Gasteiger partial charge in [-0.25, -0.2) is 0 Å². The molecule has 1 aliphatic rings. The Bertz CT molecular complexity index is 1820. The highest BCUT2D eigenvalue weighted by molar-refractivity contribution is 5.18. The first-order chi connectivity index (χ1) is 29.2. The predicted molar refractivity (Wildman–Crippen MR) is 224 cm³/mol. The van der Waals surface area contributed by atoms with Crippen molar-refractivity contribution in [2.45, 2.75) is 95.3 Å². The van der Waals surface area contributed by atoms with Gasteiger partial charge in [-0.1, -0.05) is 127 Å². The van der Waals surface area contributed by atoms with Crippen molar-refractivity contribution in [1.82, 2.24) is 20.3 Å². The van der Waals surface area contributed by atoms with Crippen LogP contribution in [0.15, 0.2) is 128 Å². The average Bonchev–Trinajstić information content (AvgIpc) is 3.74. The second kappa shape index (κ2) is 25.3. The van der Waals surface area contributed by atoms with E-state index in [1.807, 2.05) is 132 Å². The maximum atomic E-state index is 12.4. The summed E-state index contributed by atoms with van der Waals surface area (Å²) in [6.07, 6.45) is 0.692. The van der Waals surface area contributed by atoms with Crippen LogP contribution in [0.1, 0.15) is 47.2 Å². The molecule has 59 heavy (non-hydrogen) atoms. The quantitative estimate of drug-likeness (QED) is 0.0581. The fourth-order valence-corrected chi connectivity index (χ4v) is 7.10. The number of benzene rings is 4. The smallest absolute Gasteiger partial charge is 0.115 e. The van der Waals surface area contributed by atoms with Crippen molar-refractivity contribution in [3.8, 4) is 0 Å². The summed E-state index contributed by atoms with van der Waals surface area (Å²) in [5.74, 6) is 0. The van der Waals surface area contributed by atoms with E-state index in [0.717, 1.165) is 47.2 Å². The maximum absolute atomic E-state index is 12.4. The largest absolute Gasteiger partial charge is 0.389 e. The Morgan fingerprint density at radius 1 is 0.542 bits per heavy atom. The van der Waals surface area contributed by atoms with Crippen molar-refractivity contribution >= 4 is 0 Å². The molecule has 5 aromatic rings. The zero-order valence-corrected chi connectivity index (χ0v) is 34.1. The number of ether oxygens (including phenoxy) is 7. The standard InChI is InChI=1S/C47H60N4O8/c1-53-26-15-28-55-30-16-29-54-27-14-25-51-32-41(49-50-51)31-48-42-43(52)45(57-34-38-19-8-3-9-20-38)47(59-36-40-23-12-5-13-24-40)46(58-35-39-21-10-4-11-22-39)44(42)56-33-37-17-6-2-7-18-37/h2-13,17-24,32,42-48,52H,14-16,25-31,33-36H2,1H3/t42-,43-,44+,45+,46-,47-/m1/s1. The molecule has 1 fully saturated rings. The number of nitrogens with one attached hydrogen (secondary N) is 1. The van der Waals surface area contributed by atoms with Crippen molar-refractivity contribution in [1.29, 1.82) is 0 Å². The highest BCUT2D eigenvalue weighted by Crippen LogP contribution is 2.33. The first-order valence-corrected chi connectivity index (χ1v) is 20.7. The van der Waals surface area contributed by atoms with E-state index in [4.69, 9.17) is 33.2 Å². The minimum Gasteiger partial charge on any atom is -0.389 e. The van der Waals surface area contributed by atoms with Crippen LogP contribution in [0.25, 0.3) is 0 Å². The van der Waals surface area contributed by atoms with Crippen molar-refractivity contribution in [2.24, 2.45) is 0 Å². The van der Waals surface area contributed by atoms with Gasteiger partial charge in [-0.2, -0.15) is 0 Å². The molecule has 6 rings (SSSR count). The van der Waals surface area contributed by atoms with Gasteiger partial charge in [0.05, 0.1) is 38.2 Å². The fourth-order valence-electron chi connectivity index (χ4n) is 7.10. The molecular formula is C47H60N4O8. The van der Waals surface area contributed by atoms with Crippen molar-refractivity contribution in [2.75, 3.05) is 40.1 Å². The number of hydrogen-bond donors (Lipinski definition) is 2. The van der Waals surface area contributed by atoms with E-state index in [2.05, 4.69) is 15.6 Å². The summed E-state index contributed by atoms with van der Waals surface area (Å²) in [4.78, 5) is 0. The Hall–Kier alpha value is -4.34. The van der Waals surface area contributed by atoms with Gasteiger partial charge in [0.15, 0.2) is 0 Å². The van der Waals surface area contributed by atoms with Crippen LogP contribution >= 0.6 is 0 Å². The molecule has 4 aromatic carbocycles. The lowest BCUT2D eigenvalue weighted by atomic mass is 9.82. The summed E-state index contributed by atoms with van der Waals surface area (Å²) in [5, 5.41) is 24.9. The number of aliphatic hydroxyl groups is 1. The van der Waals surface area contributed by atoms with E-state index in [1.54, 1.807) is 7.11 Å². The van der Waals surface area contributed by atoms with E-state index >= 15 is 0 Å². The van der Waals surface area contributed by atoms with Gasteiger partial charge in [0.2, 0.25) is 0 Å². The number of aryl methyl sites for hydroxylation is 1. The molecule has 0 radical (unpaired) electrons. The highest BCUT2D eigenvalue weighted by atomic mass is 16.6. The Kier molecular flexibility index (Phi) is 19.0. The molecule has 12 heteroatoms. The van der Waals surface area contributed by atoms with Crippen LogP contribution in [0.2, 0.25) is 0 Å². The number of nitrogens with zero attached hydrogens (tertiary/aromatic N) is 3. The van der Waals surface area contributed by atoms with Gasteiger partial charge in [-0.05, 0) is 41.5 Å². The molecule has 12 nitrogen and oxygen atoms in total. The number of aliphatic hydroxyl groups excluding tert-OH is 1. The van der Waals surface area contributed by atoms with Crippen molar-refractivity contribution < 1.29 is 38.3 Å². The first kappa shape index (κ1) is 44.2. The van der Waals surface area contributed by atoms with Crippen LogP contribution in [0.3, 0.4) is 0 Å². The summed E-state index contributed by atoms with van der Waals surface area (Å²) in [7, 11) is 1.70. The van der Waals surface area contributed by atoms with Crippen LogP contribution in [-0.2, 0) is 72.7 Å². The van der Waals surface area contributed by atoms with Crippen molar-refractivity contribution in [3.63, 3.8) is 0 Å². The van der Waals surface area contributed by atoms with Crippen LogP contribution in [-0.4, -0.2) is 96.8 Å². The molecule has 0 bridgehead atoms. The Balaban J connectivity index is 1.17. The monoisotopic (exact) mass is 808 g/mol.